The van der Waals surface area contributed by atoms with Gasteiger partial charge in [0.2, 0.25) is 0 Å². The largest absolute Gasteiger partial charge is 0.382 e. The van der Waals surface area contributed by atoms with Gasteiger partial charge in [-0.3, -0.25) is 4.68 Å². The van der Waals surface area contributed by atoms with Crippen molar-refractivity contribution in [2.75, 3.05) is 5.73 Å². The number of hydrogen-bond donors (Lipinski definition) is 1. The first kappa shape index (κ1) is 10.2. The number of nitrogens with two attached hydrogens (primary N) is 1. The van der Waals surface area contributed by atoms with E-state index in [9.17, 15) is 0 Å². The third-order valence-electron chi connectivity index (χ3n) is 2.45. The van der Waals surface area contributed by atoms with E-state index in [1.807, 2.05) is 31.3 Å². The molecule has 2 N–H and O–H groups in total. The molecule has 4 heteroatoms. The minimum absolute atomic E-state index is 0.537. The van der Waals surface area contributed by atoms with Crippen LogP contribution in [0.3, 0.4) is 0 Å². The summed E-state index contributed by atoms with van der Waals surface area (Å²) >= 11 is 0. The van der Waals surface area contributed by atoms with E-state index in [-0.39, 0.29) is 0 Å². The van der Waals surface area contributed by atoms with Crippen LogP contribution in [-0.4, -0.2) is 9.78 Å². The molecule has 0 saturated carbocycles. The molecule has 1 aromatic carbocycles. The van der Waals surface area contributed by atoms with Crippen molar-refractivity contribution in [3.8, 4) is 6.07 Å². The van der Waals surface area contributed by atoms with Gasteiger partial charge in [0, 0.05) is 11.8 Å². The third-order valence-corrected chi connectivity index (χ3v) is 2.45. The van der Waals surface area contributed by atoms with Gasteiger partial charge in [-0.25, -0.2) is 0 Å². The second kappa shape index (κ2) is 4.07. The Labute approximate surface area is 93.9 Å². The van der Waals surface area contributed by atoms with Crippen LogP contribution in [0.5, 0.6) is 0 Å². The molecule has 0 aliphatic heterocycles. The Morgan fingerprint density at radius 2 is 2.19 bits per heavy atom. The molecule has 4 nitrogen and oxygen atoms in total. The smallest absolute Gasteiger partial charge is 0.148 e. The maximum absolute atomic E-state index is 8.95. The second-order valence-corrected chi connectivity index (χ2v) is 3.66. The van der Waals surface area contributed by atoms with Crippen LogP contribution in [0.2, 0.25) is 0 Å². The van der Waals surface area contributed by atoms with E-state index < -0.39 is 0 Å². The number of anilines is 1. The quantitative estimate of drug-likeness (QED) is 0.823. The molecule has 0 spiro atoms. The molecule has 1 heterocycles. The number of hydrogen-bond acceptors (Lipinski definition) is 3. The Bertz CT molecular complexity index is 529. The van der Waals surface area contributed by atoms with Crippen molar-refractivity contribution in [3.05, 3.63) is 47.2 Å². The minimum Gasteiger partial charge on any atom is -0.382 e. The summed E-state index contributed by atoms with van der Waals surface area (Å²) in [5.74, 6) is 0.537. The first-order valence-corrected chi connectivity index (χ1v) is 4.98. The lowest BCUT2D eigenvalue weighted by Gasteiger charge is -2.03. The Morgan fingerprint density at radius 1 is 1.44 bits per heavy atom. The highest BCUT2D eigenvalue weighted by atomic mass is 15.3. The van der Waals surface area contributed by atoms with Gasteiger partial charge in [0.25, 0.3) is 0 Å². The first-order valence-electron chi connectivity index (χ1n) is 4.98. The molecule has 0 radical (unpaired) electrons. The van der Waals surface area contributed by atoms with Crippen molar-refractivity contribution >= 4 is 5.82 Å². The van der Waals surface area contributed by atoms with Gasteiger partial charge in [-0.2, -0.15) is 10.4 Å². The molecule has 0 unspecified atom stereocenters. The number of benzene rings is 1. The normalized spacial score (nSPS) is 10.0. The van der Waals surface area contributed by atoms with E-state index >= 15 is 0 Å². The average molecular weight is 212 g/mol. The van der Waals surface area contributed by atoms with Crippen molar-refractivity contribution in [2.45, 2.75) is 13.5 Å². The lowest BCUT2D eigenvalue weighted by atomic mass is 10.1. The molecule has 16 heavy (non-hydrogen) atoms. The van der Waals surface area contributed by atoms with Gasteiger partial charge in [0.15, 0.2) is 0 Å². The van der Waals surface area contributed by atoms with Gasteiger partial charge < -0.3 is 5.73 Å². The van der Waals surface area contributed by atoms with Crippen LogP contribution in [-0.2, 0) is 6.54 Å². The van der Waals surface area contributed by atoms with Crippen LogP contribution in [0.25, 0.3) is 0 Å². The summed E-state index contributed by atoms with van der Waals surface area (Å²) < 4.78 is 1.75. The topological polar surface area (TPSA) is 67.6 Å². The molecule has 0 atom stereocenters. The van der Waals surface area contributed by atoms with Gasteiger partial charge >= 0.3 is 0 Å². The third kappa shape index (κ3) is 1.89. The van der Waals surface area contributed by atoms with Gasteiger partial charge in [0.1, 0.15) is 5.82 Å². The minimum atomic E-state index is 0.537. The summed E-state index contributed by atoms with van der Waals surface area (Å²) in [7, 11) is 0. The summed E-state index contributed by atoms with van der Waals surface area (Å²) in [5.41, 5.74) is 8.25. The molecule has 80 valence electrons. The van der Waals surface area contributed by atoms with Crippen molar-refractivity contribution < 1.29 is 0 Å². The molecule has 0 amide bonds. The highest BCUT2D eigenvalue weighted by Gasteiger charge is 2.04. The lowest BCUT2D eigenvalue weighted by molar-refractivity contribution is 0.688. The fraction of sp³-hybridized carbons (Fsp3) is 0.167. The predicted molar refractivity (Wildman–Crippen MR) is 61.6 cm³/mol. The Balaban J connectivity index is 2.31. The molecule has 0 aliphatic rings. The van der Waals surface area contributed by atoms with Crippen molar-refractivity contribution in [3.63, 3.8) is 0 Å². The maximum atomic E-state index is 8.95. The zero-order valence-corrected chi connectivity index (χ0v) is 9.01. The second-order valence-electron chi connectivity index (χ2n) is 3.66. The summed E-state index contributed by atoms with van der Waals surface area (Å²) in [6, 6.07) is 9.65. The van der Waals surface area contributed by atoms with Crippen molar-refractivity contribution in [2.24, 2.45) is 0 Å². The monoisotopic (exact) mass is 212 g/mol. The number of nitrogens with zero attached hydrogens (tertiary/aromatic N) is 3. The van der Waals surface area contributed by atoms with Crippen LogP contribution >= 0.6 is 0 Å². The Morgan fingerprint density at radius 3 is 2.81 bits per heavy atom. The number of aryl methyl sites for hydroxylation is 1. The summed E-state index contributed by atoms with van der Waals surface area (Å²) in [4.78, 5) is 0. The molecule has 0 aliphatic carbocycles. The lowest BCUT2D eigenvalue weighted by Crippen LogP contribution is -2.02. The van der Waals surface area contributed by atoms with Gasteiger partial charge in [-0.15, -0.1) is 0 Å². The fourth-order valence-corrected chi connectivity index (χ4v) is 1.56. The van der Waals surface area contributed by atoms with Crippen LogP contribution in [0, 0.1) is 18.3 Å². The fourth-order valence-electron chi connectivity index (χ4n) is 1.56. The molecular weight excluding hydrogens is 200 g/mol. The highest BCUT2D eigenvalue weighted by molar-refractivity contribution is 5.39. The van der Waals surface area contributed by atoms with Crippen molar-refractivity contribution in [1.82, 2.24) is 9.78 Å². The van der Waals surface area contributed by atoms with Crippen LogP contribution in [0.1, 0.15) is 16.7 Å². The molecule has 1 aromatic heterocycles. The SMILES string of the molecule is Cc1cn(Cc2ccccc2C#N)nc1N. The van der Waals surface area contributed by atoms with Crippen LogP contribution in [0.4, 0.5) is 5.82 Å². The van der Waals surface area contributed by atoms with Gasteiger partial charge in [-0.1, -0.05) is 18.2 Å². The van der Waals surface area contributed by atoms with E-state index in [2.05, 4.69) is 11.2 Å². The van der Waals surface area contributed by atoms with E-state index in [1.54, 1.807) is 10.7 Å². The first-order chi connectivity index (χ1) is 7.70. The summed E-state index contributed by atoms with van der Waals surface area (Å²) in [5, 5.41) is 13.1. The van der Waals surface area contributed by atoms with E-state index in [1.165, 1.54) is 0 Å². The molecule has 2 aromatic rings. The van der Waals surface area contributed by atoms with Gasteiger partial charge in [0.05, 0.1) is 18.2 Å². The number of nitriles is 1. The average Bonchev–Trinajstić information content (AvgIpc) is 2.59. The zero-order chi connectivity index (χ0) is 11.5. The molecule has 0 fully saturated rings. The van der Waals surface area contributed by atoms with Crippen LogP contribution in [0.15, 0.2) is 30.5 Å². The standard InChI is InChI=1S/C12H12N4/c1-9-7-16(15-12(9)14)8-11-5-3-2-4-10(11)6-13/h2-5,7H,8H2,1H3,(H2,14,15). The molecular formula is C12H12N4. The Kier molecular flexibility index (Phi) is 2.61. The number of rotatable bonds is 2. The van der Waals surface area contributed by atoms with E-state index in [0.29, 0.717) is 17.9 Å². The van der Waals surface area contributed by atoms with Crippen LogP contribution < -0.4 is 5.73 Å². The summed E-state index contributed by atoms with van der Waals surface area (Å²) in [6.07, 6.45) is 1.88. The molecule has 0 saturated heterocycles. The highest BCUT2D eigenvalue weighted by Crippen LogP contribution is 2.12. The number of aromatic nitrogens is 2. The van der Waals surface area contributed by atoms with Gasteiger partial charge in [-0.05, 0) is 18.6 Å². The maximum Gasteiger partial charge on any atom is 0.148 e. The number of nitrogen functional groups attached to an aromatic ring is 1. The molecule has 0 bridgehead atoms. The zero-order valence-electron chi connectivity index (χ0n) is 9.01. The Hall–Kier alpha value is -2.28. The van der Waals surface area contributed by atoms with E-state index in [4.69, 9.17) is 11.0 Å². The van der Waals surface area contributed by atoms with Crippen molar-refractivity contribution in [1.29, 1.82) is 5.26 Å². The molecule has 2 rings (SSSR count). The predicted octanol–water partition coefficient (Wildman–Crippen LogP) is 1.69. The van der Waals surface area contributed by atoms with E-state index in [0.717, 1.165) is 11.1 Å². The summed E-state index contributed by atoms with van der Waals surface area (Å²) in [6.45, 7) is 2.48.